The Morgan fingerprint density at radius 3 is 2.68 bits per heavy atom. The van der Waals surface area contributed by atoms with Gasteiger partial charge in [-0.15, -0.1) is 0 Å². The van der Waals surface area contributed by atoms with Crippen molar-refractivity contribution in [3.8, 4) is 0 Å². The second kappa shape index (κ2) is 4.83. The molecule has 0 amide bonds. The van der Waals surface area contributed by atoms with Crippen LogP contribution >= 0.6 is 11.8 Å². The first-order valence-electron chi connectivity index (χ1n) is 6.36. The fraction of sp³-hybridized carbons (Fsp3) is 0.462. The summed E-state index contributed by atoms with van der Waals surface area (Å²) in [4.78, 5) is 4.47. The van der Waals surface area contributed by atoms with Crippen molar-refractivity contribution in [2.45, 2.75) is 24.6 Å². The molecule has 6 heteroatoms. The van der Waals surface area contributed by atoms with Crippen molar-refractivity contribution in [3.63, 3.8) is 0 Å². The molecule has 0 saturated carbocycles. The first kappa shape index (κ1) is 13.0. The number of nitrogens with zero attached hydrogens (tertiary/aromatic N) is 1. The number of benzene rings is 1. The van der Waals surface area contributed by atoms with Crippen molar-refractivity contribution >= 4 is 32.5 Å². The quantitative estimate of drug-likeness (QED) is 0.906. The molecule has 2 atom stereocenters. The number of aliphatic imine (C=N–C) groups is 1. The zero-order valence-electron chi connectivity index (χ0n) is 10.7. The summed E-state index contributed by atoms with van der Waals surface area (Å²) in [5, 5.41) is 4.21. The maximum Gasteiger partial charge on any atom is 0.161 e. The van der Waals surface area contributed by atoms with E-state index in [9.17, 15) is 8.42 Å². The number of hydrogen-bond donors (Lipinski definition) is 1. The summed E-state index contributed by atoms with van der Waals surface area (Å²) < 4.78 is 23.0. The normalized spacial score (nSPS) is 27.9. The molecule has 1 N–H and O–H groups in total. The van der Waals surface area contributed by atoms with Crippen LogP contribution < -0.4 is 5.32 Å². The summed E-state index contributed by atoms with van der Waals surface area (Å²) >= 11 is 1.55. The van der Waals surface area contributed by atoms with E-state index in [0.717, 1.165) is 17.3 Å². The Morgan fingerprint density at radius 2 is 2.05 bits per heavy atom. The molecular weight excluding hydrogens is 280 g/mol. The van der Waals surface area contributed by atoms with Crippen molar-refractivity contribution in [1.82, 2.24) is 0 Å². The molecule has 4 nitrogen and oxygen atoms in total. The van der Waals surface area contributed by atoms with Gasteiger partial charge in [-0.25, -0.2) is 8.42 Å². The molecule has 2 heterocycles. The molecule has 0 spiro atoms. The molecule has 0 aromatic heterocycles. The first-order valence-corrected chi connectivity index (χ1v) is 9.07. The molecule has 2 aliphatic rings. The van der Waals surface area contributed by atoms with Crippen LogP contribution in [0.3, 0.4) is 0 Å². The van der Waals surface area contributed by atoms with Gasteiger partial charge in [-0.2, -0.15) is 0 Å². The van der Waals surface area contributed by atoms with Gasteiger partial charge in [0, 0.05) is 10.9 Å². The monoisotopic (exact) mass is 296 g/mol. The summed E-state index contributed by atoms with van der Waals surface area (Å²) in [5.74, 6) is 0.455. The smallest absolute Gasteiger partial charge is 0.161 e. The Bertz CT molecular complexity index is 608. The molecule has 102 valence electrons. The predicted octanol–water partition coefficient (Wildman–Crippen LogP) is 1.93. The Balaban J connectivity index is 1.69. The van der Waals surface area contributed by atoms with Crippen LogP contribution in [0.25, 0.3) is 0 Å². The van der Waals surface area contributed by atoms with Crippen LogP contribution in [0.1, 0.15) is 12.5 Å². The van der Waals surface area contributed by atoms with E-state index < -0.39 is 9.84 Å². The molecule has 2 aliphatic heterocycles. The van der Waals surface area contributed by atoms with Gasteiger partial charge in [0.05, 0.1) is 17.5 Å². The SMILES string of the molecule is CCc1ccc(NC2=NC3CS(=O)(=O)CC3S2)cc1. The highest BCUT2D eigenvalue weighted by molar-refractivity contribution is 8.15. The molecule has 1 saturated heterocycles. The zero-order valence-corrected chi connectivity index (χ0v) is 12.3. The van der Waals surface area contributed by atoms with Crippen LogP contribution in [-0.4, -0.2) is 36.4 Å². The second-order valence-corrected chi connectivity index (χ2v) is 8.29. The van der Waals surface area contributed by atoms with Crippen LogP contribution in [0.2, 0.25) is 0 Å². The number of anilines is 1. The van der Waals surface area contributed by atoms with E-state index in [4.69, 9.17) is 0 Å². The summed E-state index contributed by atoms with van der Waals surface area (Å²) in [6.45, 7) is 2.13. The third kappa shape index (κ3) is 2.79. The van der Waals surface area contributed by atoms with Crippen molar-refractivity contribution < 1.29 is 8.42 Å². The third-order valence-electron chi connectivity index (χ3n) is 3.43. The molecular formula is C13H16N2O2S2. The molecule has 3 rings (SSSR count). The van der Waals surface area contributed by atoms with Crippen molar-refractivity contribution in [3.05, 3.63) is 29.8 Å². The highest BCUT2D eigenvalue weighted by Crippen LogP contribution is 2.34. The highest BCUT2D eigenvalue weighted by Gasteiger charge is 2.42. The third-order valence-corrected chi connectivity index (χ3v) is 6.57. The lowest BCUT2D eigenvalue weighted by Gasteiger charge is -2.07. The van der Waals surface area contributed by atoms with Gasteiger partial charge in [-0.1, -0.05) is 30.8 Å². The minimum Gasteiger partial charge on any atom is -0.335 e. The number of hydrogen-bond acceptors (Lipinski definition) is 5. The summed E-state index contributed by atoms with van der Waals surface area (Å²) in [7, 11) is -2.87. The summed E-state index contributed by atoms with van der Waals surface area (Å²) in [6.07, 6.45) is 1.03. The number of rotatable bonds is 2. The lowest BCUT2D eigenvalue weighted by molar-refractivity contribution is 0.601. The van der Waals surface area contributed by atoms with Gasteiger partial charge in [0.15, 0.2) is 15.0 Å². The lowest BCUT2D eigenvalue weighted by atomic mass is 10.1. The van der Waals surface area contributed by atoms with Crippen molar-refractivity contribution in [1.29, 1.82) is 0 Å². The summed E-state index contributed by atoms with van der Waals surface area (Å²) in [6, 6.07) is 8.19. The zero-order chi connectivity index (χ0) is 13.5. The van der Waals surface area contributed by atoms with Gasteiger partial charge in [0.25, 0.3) is 0 Å². The lowest BCUT2D eigenvalue weighted by Crippen LogP contribution is -2.13. The van der Waals surface area contributed by atoms with Crippen molar-refractivity contribution in [2.24, 2.45) is 4.99 Å². The average Bonchev–Trinajstić information content (AvgIpc) is 2.82. The minimum absolute atomic E-state index is 0.0626. The van der Waals surface area contributed by atoms with Gasteiger partial charge >= 0.3 is 0 Å². The number of sulfone groups is 1. The van der Waals surface area contributed by atoms with Crippen LogP contribution in [0.15, 0.2) is 29.3 Å². The topological polar surface area (TPSA) is 58.5 Å². The number of fused-ring (bicyclic) bond motifs is 1. The number of thioether (sulfide) groups is 1. The van der Waals surface area contributed by atoms with E-state index in [0.29, 0.717) is 0 Å². The van der Waals surface area contributed by atoms with E-state index >= 15 is 0 Å². The Labute approximate surface area is 117 Å². The molecule has 0 bridgehead atoms. The maximum absolute atomic E-state index is 11.5. The molecule has 1 aromatic carbocycles. The highest BCUT2D eigenvalue weighted by atomic mass is 32.2. The summed E-state index contributed by atoms with van der Waals surface area (Å²) in [5.41, 5.74) is 2.31. The standard InChI is InChI=1S/C13H16N2O2S2/c1-2-9-3-5-10(6-4-9)14-13-15-11-7-19(16,17)8-12(11)18-13/h3-6,11-12H,2,7-8H2,1H3,(H,14,15). The van der Waals surface area contributed by atoms with Gasteiger partial charge in [0.2, 0.25) is 0 Å². The first-order chi connectivity index (χ1) is 9.05. The fourth-order valence-electron chi connectivity index (χ4n) is 2.36. The molecule has 1 fully saturated rings. The van der Waals surface area contributed by atoms with Crippen LogP contribution in [0, 0.1) is 0 Å². The molecule has 1 aromatic rings. The largest absolute Gasteiger partial charge is 0.335 e. The molecule has 0 radical (unpaired) electrons. The van der Waals surface area contributed by atoms with Gasteiger partial charge in [0.1, 0.15) is 0 Å². The van der Waals surface area contributed by atoms with Gasteiger partial charge < -0.3 is 5.32 Å². The molecule has 19 heavy (non-hydrogen) atoms. The van der Waals surface area contributed by atoms with Crippen molar-refractivity contribution in [2.75, 3.05) is 16.8 Å². The number of nitrogens with one attached hydrogen (secondary N) is 1. The van der Waals surface area contributed by atoms with E-state index in [1.807, 2.05) is 12.1 Å². The number of amidine groups is 1. The van der Waals surface area contributed by atoms with E-state index in [2.05, 4.69) is 29.4 Å². The van der Waals surface area contributed by atoms with Gasteiger partial charge in [-0.05, 0) is 24.1 Å². The Hall–Kier alpha value is -1.01. The molecule has 0 aliphatic carbocycles. The average molecular weight is 296 g/mol. The van der Waals surface area contributed by atoms with Crippen LogP contribution in [0.5, 0.6) is 0 Å². The predicted molar refractivity (Wildman–Crippen MR) is 80.7 cm³/mol. The maximum atomic E-state index is 11.5. The Morgan fingerprint density at radius 1 is 1.32 bits per heavy atom. The minimum atomic E-state index is -2.87. The fourth-order valence-corrected chi connectivity index (χ4v) is 6.04. The van der Waals surface area contributed by atoms with E-state index in [-0.39, 0.29) is 22.8 Å². The van der Waals surface area contributed by atoms with Gasteiger partial charge in [-0.3, -0.25) is 4.99 Å². The van der Waals surface area contributed by atoms with E-state index in [1.165, 1.54) is 5.56 Å². The van der Waals surface area contributed by atoms with E-state index in [1.54, 1.807) is 11.8 Å². The number of aryl methyl sites for hydroxylation is 1. The van der Waals surface area contributed by atoms with Crippen LogP contribution in [0.4, 0.5) is 5.69 Å². The molecule has 2 unspecified atom stereocenters. The van der Waals surface area contributed by atoms with Crippen LogP contribution in [-0.2, 0) is 16.3 Å². The Kier molecular flexibility index (Phi) is 3.30. The second-order valence-electron chi connectivity index (χ2n) is 4.91.